The van der Waals surface area contributed by atoms with E-state index in [1.165, 1.54) is 17.0 Å². The molecular weight excluding hydrogens is 362 g/mol. The number of rotatable bonds is 9. The van der Waals surface area contributed by atoms with E-state index in [0.29, 0.717) is 23.8 Å². The van der Waals surface area contributed by atoms with E-state index < -0.39 is 0 Å². The first-order valence-electron chi connectivity index (χ1n) is 8.90. The van der Waals surface area contributed by atoms with Crippen LogP contribution in [0.3, 0.4) is 0 Å². The smallest absolute Gasteiger partial charge is 0.266 e. The van der Waals surface area contributed by atoms with E-state index in [1.54, 1.807) is 42.5 Å². The van der Waals surface area contributed by atoms with Gasteiger partial charge < -0.3 is 19.2 Å². The Morgan fingerprint density at radius 2 is 1.86 bits per heavy atom. The van der Waals surface area contributed by atoms with Crippen molar-refractivity contribution in [2.24, 2.45) is 0 Å². The highest BCUT2D eigenvalue weighted by molar-refractivity contribution is 5.77. The molecule has 1 N–H and O–H groups in total. The van der Waals surface area contributed by atoms with Gasteiger partial charge in [-0.1, -0.05) is 0 Å². The van der Waals surface area contributed by atoms with Crippen LogP contribution in [0.1, 0.15) is 6.92 Å². The Labute approximate surface area is 161 Å². The van der Waals surface area contributed by atoms with Crippen LogP contribution in [0.5, 0.6) is 11.5 Å². The number of hydrogen-bond donors (Lipinski definition) is 1. The summed E-state index contributed by atoms with van der Waals surface area (Å²) in [5, 5.41) is 6.95. The normalized spacial score (nSPS) is 10.5. The van der Waals surface area contributed by atoms with Gasteiger partial charge in [0.25, 0.3) is 11.5 Å². The molecule has 1 aromatic carbocycles. The van der Waals surface area contributed by atoms with Crippen molar-refractivity contribution in [3.05, 3.63) is 65.1 Å². The molecule has 0 fully saturated rings. The number of amides is 1. The Bertz CT molecular complexity index is 949. The lowest BCUT2D eigenvalue weighted by molar-refractivity contribution is -0.123. The molecule has 0 atom stereocenters. The summed E-state index contributed by atoms with van der Waals surface area (Å²) in [5.41, 5.74) is 0.296. The lowest BCUT2D eigenvalue weighted by atomic mass is 10.3. The summed E-state index contributed by atoms with van der Waals surface area (Å²) in [4.78, 5) is 23.9. The van der Waals surface area contributed by atoms with Gasteiger partial charge in [-0.3, -0.25) is 9.59 Å². The molecule has 0 bridgehead atoms. The van der Waals surface area contributed by atoms with Crippen molar-refractivity contribution in [1.82, 2.24) is 15.1 Å². The molecule has 3 rings (SSSR count). The zero-order valence-electron chi connectivity index (χ0n) is 15.5. The van der Waals surface area contributed by atoms with Crippen LogP contribution in [0, 0.1) is 0 Å². The average Bonchev–Trinajstić information content (AvgIpc) is 3.24. The van der Waals surface area contributed by atoms with Crippen molar-refractivity contribution in [1.29, 1.82) is 0 Å². The third kappa shape index (κ3) is 5.23. The van der Waals surface area contributed by atoms with E-state index >= 15 is 0 Å². The van der Waals surface area contributed by atoms with E-state index in [1.807, 2.05) is 6.92 Å². The molecular formula is C20H21N3O5. The van der Waals surface area contributed by atoms with Crippen molar-refractivity contribution in [2.45, 2.75) is 13.5 Å². The molecule has 3 aromatic rings. The minimum atomic E-state index is -0.288. The van der Waals surface area contributed by atoms with Crippen molar-refractivity contribution < 1.29 is 18.7 Å². The number of furan rings is 1. The number of ether oxygens (including phenoxy) is 2. The molecule has 0 saturated heterocycles. The Kier molecular flexibility index (Phi) is 6.46. The van der Waals surface area contributed by atoms with Gasteiger partial charge in [0.2, 0.25) is 0 Å². The minimum Gasteiger partial charge on any atom is -0.494 e. The Hall–Kier alpha value is -3.55. The Morgan fingerprint density at radius 3 is 2.54 bits per heavy atom. The zero-order chi connectivity index (χ0) is 19.8. The van der Waals surface area contributed by atoms with Gasteiger partial charge in [-0.15, -0.1) is 0 Å². The molecule has 146 valence electrons. The van der Waals surface area contributed by atoms with Crippen LogP contribution in [0.15, 0.2) is 64.0 Å². The summed E-state index contributed by atoms with van der Waals surface area (Å²) >= 11 is 0. The second kappa shape index (κ2) is 9.40. The summed E-state index contributed by atoms with van der Waals surface area (Å²) in [5.74, 6) is 1.60. The van der Waals surface area contributed by atoms with Gasteiger partial charge in [-0.05, 0) is 49.4 Å². The highest BCUT2D eigenvalue weighted by Crippen LogP contribution is 2.17. The monoisotopic (exact) mass is 383 g/mol. The molecule has 2 aromatic heterocycles. The molecule has 0 saturated carbocycles. The fourth-order valence-corrected chi connectivity index (χ4v) is 2.46. The quantitative estimate of drug-likeness (QED) is 0.608. The average molecular weight is 383 g/mol. The first-order valence-corrected chi connectivity index (χ1v) is 8.90. The molecule has 8 nitrogen and oxygen atoms in total. The molecule has 0 aliphatic heterocycles. The lowest BCUT2D eigenvalue weighted by Crippen LogP contribution is -2.34. The van der Waals surface area contributed by atoms with E-state index in [-0.39, 0.29) is 31.2 Å². The molecule has 0 aliphatic carbocycles. The third-order valence-electron chi connectivity index (χ3n) is 3.79. The van der Waals surface area contributed by atoms with Crippen LogP contribution in [0.4, 0.5) is 0 Å². The summed E-state index contributed by atoms with van der Waals surface area (Å²) in [6.45, 7) is 2.86. The number of nitrogens with zero attached hydrogens (tertiary/aromatic N) is 2. The van der Waals surface area contributed by atoms with Gasteiger partial charge in [0, 0.05) is 12.6 Å². The van der Waals surface area contributed by atoms with Gasteiger partial charge in [0.05, 0.1) is 19.4 Å². The molecule has 28 heavy (non-hydrogen) atoms. The maximum Gasteiger partial charge on any atom is 0.266 e. The third-order valence-corrected chi connectivity index (χ3v) is 3.79. The lowest BCUT2D eigenvalue weighted by Gasteiger charge is -2.09. The van der Waals surface area contributed by atoms with Crippen molar-refractivity contribution in [3.8, 4) is 23.0 Å². The molecule has 2 heterocycles. The first-order chi connectivity index (χ1) is 13.7. The highest BCUT2D eigenvalue weighted by Gasteiger charge is 2.07. The van der Waals surface area contributed by atoms with Gasteiger partial charge in [-0.2, -0.15) is 5.10 Å². The van der Waals surface area contributed by atoms with Crippen LogP contribution < -0.4 is 20.3 Å². The minimum absolute atomic E-state index is 0.122. The maximum absolute atomic E-state index is 11.9. The zero-order valence-corrected chi connectivity index (χ0v) is 15.5. The molecule has 0 aliphatic rings. The summed E-state index contributed by atoms with van der Waals surface area (Å²) in [6.07, 6.45) is 1.54. The maximum atomic E-state index is 11.9. The Balaban J connectivity index is 1.46. The van der Waals surface area contributed by atoms with E-state index in [2.05, 4.69) is 10.4 Å². The second-order valence-electron chi connectivity index (χ2n) is 5.80. The molecule has 0 unspecified atom stereocenters. The van der Waals surface area contributed by atoms with Crippen LogP contribution in [0.2, 0.25) is 0 Å². The molecule has 0 radical (unpaired) electrons. The highest BCUT2D eigenvalue weighted by atomic mass is 16.5. The summed E-state index contributed by atoms with van der Waals surface area (Å²) in [7, 11) is 0. The van der Waals surface area contributed by atoms with Crippen LogP contribution in [-0.2, 0) is 11.3 Å². The number of aromatic nitrogens is 2. The number of hydrogen-bond acceptors (Lipinski definition) is 6. The predicted molar refractivity (Wildman–Crippen MR) is 102 cm³/mol. The number of benzene rings is 1. The fraction of sp³-hybridized carbons (Fsp3) is 0.250. The second-order valence-corrected chi connectivity index (χ2v) is 5.80. The topological polar surface area (TPSA) is 95.6 Å². The van der Waals surface area contributed by atoms with Crippen molar-refractivity contribution >= 4 is 5.91 Å². The number of carbonyl (C=O) groups excluding carboxylic acids is 1. The summed E-state index contributed by atoms with van der Waals surface area (Å²) in [6, 6.07) is 13.6. The predicted octanol–water partition coefficient (Wildman–Crippen LogP) is 2.10. The molecule has 0 spiro atoms. The number of nitrogens with one attached hydrogen (secondary N) is 1. The van der Waals surface area contributed by atoms with Gasteiger partial charge >= 0.3 is 0 Å². The molecule has 8 heteroatoms. The van der Waals surface area contributed by atoms with Gasteiger partial charge in [0.1, 0.15) is 17.2 Å². The van der Waals surface area contributed by atoms with Crippen LogP contribution in [-0.4, -0.2) is 35.4 Å². The van der Waals surface area contributed by atoms with E-state index in [9.17, 15) is 9.59 Å². The SMILES string of the molecule is CCOc1ccc(OCC(=O)NCCn2nc(-c3ccco3)ccc2=O)cc1. The van der Waals surface area contributed by atoms with Gasteiger partial charge in [-0.25, -0.2) is 4.68 Å². The largest absolute Gasteiger partial charge is 0.494 e. The van der Waals surface area contributed by atoms with Crippen molar-refractivity contribution in [3.63, 3.8) is 0 Å². The van der Waals surface area contributed by atoms with Gasteiger partial charge in [0.15, 0.2) is 12.4 Å². The summed E-state index contributed by atoms with van der Waals surface area (Å²) < 4.78 is 17.3. The van der Waals surface area contributed by atoms with Crippen LogP contribution in [0.25, 0.3) is 11.5 Å². The number of carbonyl (C=O) groups is 1. The fourth-order valence-electron chi connectivity index (χ4n) is 2.46. The Morgan fingerprint density at radius 1 is 1.11 bits per heavy atom. The van der Waals surface area contributed by atoms with Crippen LogP contribution >= 0.6 is 0 Å². The first kappa shape index (κ1) is 19.2. The van der Waals surface area contributed by atoms with E-state index in [0.717, 1.165) is 5.75 Å². The standard InChI is InChI=1S/C20H21N3O5/c1-2-26-15-5-7-16(8-6-15)28-14-19(24)21-11-12-23-20(25)10-9-17(22-23)18-4-3-13-27-18/h3-10,13H,2,11-12,14H2,1H3,(H,21,24). The van der Waals surface area contributed by atoms with Crippen molar-refractivity contribution in [2.75, 3.05) is 19.8 Å². The van der Waals surface area contributed by atoms with E-state index in [4.69, 9.17) is 13.9 Å². The molecule has 1 amide bonds.